The maximum absolute atomic E-state index is 9.93. The van der Waals surface area contributed by atoms with Crippen molar-refractivity contribution >= 4 is 11.8 Å². The minimum atomic E-state index is -0.615. The summed E-state index contributed by atoms with van der Waals surface area (Å²) in [6.07, 6.45) is 0. The largest absolute Gasteiger partial charge is 0.368 e. The Hall–Kier alpha value is -1.10. The lowest BCUT2D eigenvalue weighted by atomic mass is 10.6. The Bertz CT molecular complexity index is 109. The topological polar surface area (TPSA) is 95.4 Å². The molecule has 2 amide bonds. The van der Waals surface area contributed by atoms with Gasteiger partial charge in [-0.3, -0.25) is 9.59 Å². The average molecular weight is 132 g/mol. The van der Waals surface area contributed by atoms with Crippen LogP contribution in [-0.4, -0.2) is 25.0 Å². The molecule has 0 aromatic carbocycles. The lowest BCUT2D eigenvalue weighted by molar-refractivity contribution is -0.127. The van der Waals surface area contributed by atoms with E-state index < -0.39 is 11.8 Å². The molecule has 0 aromatic rings. The van der Waals surface area contributed by atoms with Crippen LogP contribution in [0.15, 0.2) is 0 Å². The van der Waals surface area contributed by atoms with Crippen LogP contribution in [0.4, 0.5) is 0 Å². The maximum Gasteiger partial charge on any atom is 0.243 e. The van der Waals surface area contributed by atoms with Crippen LogP contribution in [0.1, 0.15) is 0 Å². The highest BCUT2D eigenvalue weighted by atomic mass is 16.5. The molecular weight excluding hydrogens is 124 g/mol. The Morgan fingerprint density at radius 2 is 1.44 bits per heavy atom. The molecule has 5 heteroatoms. The van der Waals surface area contributed by atoms with Crippen molar-refractivity contribution in [2.45, 2.75) is 0 Å². The fourth-order valence-corrected chi connectivity index (χ4v) is 0.252. The molecule has 5 nitrogen and oxygen atoms in total. The first kappa shape index (κ1) is 7.90. The summed E-state index contributed by atoms with van der Waals surface area (Å²) in [7, 11) is 0. The third-order valence-electron chi connectivity index (χ3n) is 0.489. The normalized spacial score (nSPS) is 8.89. The molecule has 9 heavy (non-hydrogen) atoms. The smallest absolute Gasteiger partial charge is 0.243 e. The average Bonchev–Trinajstić information content (AvgIpc) is 1.63. The lowest BCUT2D eigenvalue weighted by Crippen LogP contribution is -2.24. The Morgan fingerprint density at radius 3 is 1.67 bits per heavy atom. The van der Waals surface area contributed by atoms with Crippen molar-refractivity contribution in [1.82, 2.24) is 0 Å². The number of rotatable bonds is 4. The van der Waals surface area contributed by atoms with Crippen molar-refractivity contribution < 1.29 is 14.3 Å². The van der Waals surface area contributed by atoms with E-state index in [9.17, 15) is 9.59 Å². The molecule has 0 aliphatic heterocycles. The van der Waals surface area contributed by atoms with Gasteiger partial charge in [-0.15, -0.1) is 0 Å². The molecular formula is C4H8N2O3. The SMILES string of the molecule is NC(=O)COCC(N)=O. The van der Waals surface area contributed by atoms with E-state index in [0.717, 1.165) is 0 Å². The molecule has 0 rings (SSSR count). The molecule has 0 spiro atoms. The highest BCUT2D eigenvalue weighted by molar-refractivity contribution is 5.77. The summed E-state index contributed by atoms with van der Waals surface area (Å²) >= 11 is 0. The van der Waals surface area contributed by atoms with Gasteiger partial charge in [0.1, 0.15) is 13.2 Å². The number of ether oxygens (including phenoxy) is 1. The second kappa shape index (κ2) is 3.85. The number of hydrogen-bond acceptors (Lipinski definition) is 3. The number of hydrogen-bond donors (Lipinski definition) is 2. The second-order valence-electron chi connectivity index (χ2n) is 1.43. The van der Waals surface area contributed by atoms with Gasteiger partial charge in [0.2, 0.25) is 11.8 Å². The van der Waals surface area contributed by atoms with E-state index in [2.05, 4.69) is 16.2 Å². The van der Waals surface area contributed by atoms with E-state index in [1.807, 2.05) is 0 Å². The minimum absolute atomic E-state index is 0.261. The molecule has 0 atom stereocenters. The van der Waals surface area contributed by atoms with Crippen LogP contribution in [0.5, 0.6) is 0 Å². The first-order valence-corrected chi connectivity index (χ1v) is 2.27. The highest BCUT2D eigenvalue weighted by Crippen LogP contribution is 1.69. The molecule has 52 valence electrons. The van der Waals surface area contributed by atoms with Crippen LogP contribution in [0.25, 0.3) is 0 Å². The standard InChI is InChI=1S/C4H8N2O3/c5-3(7)1-9-2-4(6)8/h1-2H2,(H2,5,7)(H2,6,8). The first-order chi connectivity index (χ1) is 4.13. The molecule has 0 aliphatic carbocycles. The summed E-state index contributed by atoms with van der Waals surface area (Å²) in [6.45, 7) is -0.522. The van der Waals surface area contributed by atoms with Gasteiger partial charge in [-0.05, 0) is 0 Å². The predicted octanol–water partition coefficient (Wildman–Crippen LogP) is -2.03. The molecule has 0 aliphatic rings. The Labute approximate surface area is 52.0 Å². The molecule has 0 radical (unpaired) electrons. The maximum atomic E-state index is 9.93. The fraction of sp³-hybridized carbons (Fsp3) is 0.500. The molecule has 0 aromatic heterocycles. The molecule has 0 heterocycles. The van der Waals surface area contributed by atoms with Gasteiger partial charge in [-0.25, -0.2) is 0 Å². The quantitative estimate of drug-likeness (QED) is 0.462. The van der Waals surface area contributed by atoms with E-state index >= 15 is 0 Å². The minimum Gasteiger partial charge on any atom is -0.368 e. The fourth-order valence-electron chi connectivity index (χ4n) is 0.252. The van der Waals surface area contributed by atoms with Gasteiger partial charge in [0.25, 0.3) is 0 Å². The second-order valence-corrected chi connectivity index (χ2v) is 1.43. The summed E-state index contributed by atoms with van der Waals surface area (Å²) in [4.78, 5) is 19.9. The monoisotopic (exact) mass is 132 g/mol. The van der Waals surface area contributed by atoms with E-state index in [0.29, 0.717) is 0 Å². The number of carbonyl (C=O) groups is 2. The molecule has 0 saturated carbocycles. The summed E-state index contributed by atoms with van der Waals surface area (Å²) in [5.74, 6) is -1.23. The zero-order valence-electron chi connectivity index (χ0n) is 4.79. The van der Waals surface area contributed by atoms with Crippen LogP contribution in [-0.2, 0) is 14.3 Å². The van der Waals surface area contributed by atoms with E-state index in [1.54, 1.807) is 0 Å². The zero-order valence-corrected chi connectivity index (χ0v) is 4.79. The van der Waals surface area contributed by atoms with Crippen molar-refractivity contribution in [3.05, 3.63) is 0 Å². The third kappa shape index (κ3) is 6.90. The number of primary amides is 2. The number of amides is 2. The van der Waals surface area contributed by atoms with Crippen molar-refractivity contribution in [2.75, 3.05) is 13.2 Å². The van der Waals surface area contributed by atoms with Gasteiger partial charge < -0.3 is 16.2 Å². The third-order valence-corrected chi connectivity index (χ3v) is 0.489. The van der Waals surface area contributed by atoms with Crippen LogP contribution in [0, 0.1) is 0 Å². The molecule has 0 unspecified atom stereocenters. The van der Waals surface area contributed by atoms with Gasteiger partial charge in [0.15, 0.2) is 0 Å². The van der Waals surface area contributed by atoms with E-state index in [1.165, 1.54) is 0 Å². The highest BCUT2D eigenvalue weighted by Gasteiger charge is 1.95. The molecule has 0 bridgehead atoms. The number of carbonyl (C=O) groups excluding carboxylic acids is 2. The van der Waals surface area contributed by atoms with Crippen LogP contribution in [0.2, 0.25) is 0 Å². The summed E-state index contributed by atoms with van der Waals surface area (Å²) in [5, 5.41) is 0. The van der Waals surface area contributed by atoms with Gasteiger partial charge >= 0.3 is 0 Å². The van der Waals surface area contributed by atoms with E-state index in [4.69, 9.17) is 0 Å². The van der Waals surface area contributed by atoms with Gasteiger partial charge in [-0.2, -0.15) is 0 Å². The summed E-state index contributed by atoms with van der Waals surface area (Å²) in [6, 6.07) is 0. The van der Waals surface area contributed by atoms with Gasteiger partial charge in [-0.1, -0.05) is 0 Å². The molecule has 0 fully saturated rings. The number of nitrogens with two attached hydrogens (primary N) is 2. The Kier molecular flexibility index (Phi) is 3.38. The van der Waals surface area contributed by atoms with Crippen molar-refractivity contribution in [3.63, 3.8) is 0 Å². The van der Waals surface area contributed by atoms with Crippen LogP contribution in [0.3, 0.4) is 0 Å². The molecule has 4 N–H and O–H groups in total. The zero-order chi connectivity index (χ0) is 7.28. The van der Waals surface area contributed by atoms with Gasteiger partial charge in [0, 0.05) is 0 Å². The van der Waals surface area contributed by atoms with Crippen LogP contribution < -0.4 is 11.5 Å². The van der Waals surface area contributed by atoms with Crippen molar-refractivity contribution in [2.24, 2.45) is 11.5 Å². The lowest BCUT2D eigenvalue weighted by Gasteiger charge is -1.94. The Balaban J connectivity index is 3.10. The van der Waals surface area contributed by atoms with Crippen LogP contribution >= 0.6 is 0 Å². The van der Waals surface area contributed by atoms with Gasteiger partial charge in [0.05, 0.1) is 0 Å². The van der Waals surface area contributed by atoms with Crippen molar-refractivity contribution in [1.29, 1.82) is 0 Å². The predicted molar refractivity (Wildman–Crippen MR) is 29.2 cm³/mol. The first-order valence-electron chi connectivity index (χ1n) is 2.27. The summed E-state index contributed by atoms with van der Waals surface area (Å²) < 4.78 is 4.41. The molecule has 0 saturated heterocycles. The Morgan fingerprint density at radius 1 is 1.11 bits per heavy atom. The van der Waals surface area contributed by atoms with E-state index in [-0.39, 0.29) is 13.2 Å². The summed E-state index contributed by atoms with van der Waals surface area (Å²) in [5.41, 5.74) is 9.33. The van der Waals surface area contributed by atoms with Crippen molar-refractivity contribution in [3.8, 4) is 0 Å².